The molecule has 4 rings (SSSR count). The zero-order valence-corrected chi connectivity index (χ0v) is 21.6. The van der Waals surface area contributed by atoms with Crippen LogP contribution in [0.3, 0.4) is 0 Å². The van der Waals surface area contributed by atoms with Crippen molar-refractivity contribution in [3.05, 3.63) is 95.3 Å². The summed E-state index contributed by atoms with van der Waals surface area (Å²) < 4.78 is 18.4. The number of amidine groups is 1. The van der Waals surface area contributed by atoms with Crippen LogP contribution >= 0.6 is 11.8 Å². The lowest BCUT2D eigenvalue weighted by atomic mass is 10.1. The first-order valence-corrected chi connectivity index (χ1v) is 12.8. The third-order valence-electron chi connectivity index (χ3n) is 5.69. The van der Waals surface area contributed by atoms with Gasteiger partial charge in [-0.15, -0.1) is 0 Å². The van der Waals surface area contributed by atoms with E-state index in [0.717, 1.165) is 11.8 Å². The van der Waals surface area contributed by atoms with E-state index in [1.54, 1.807) is 43.3 Å². The summed E-state index contributed by atoms with van der Waals surface area (Å²) in [5.41, 5.74) is 1.95. The van der Waals surface area contributed by atoms with Crippen molar-refractivity contribution in [2.75, 3.05) is 11.9 Å². The van der Waals surface area contributed by atoms with Gasteiger partial charge in [0.1, 0.15) is 11.1 Å². The molecule has 1 saturated heterocycles. The molecule has 3 aromatic rings. The number of nitrogens with one attached hydrogen (secondary N) is 1. The molecule has 1 unspecified atom stereocenters. The molecule has 0 aromatic heterocycles. The van der Waals surface area contributed by atoms with Gasteiger partial charge in [-0.25, -0.2) is 19.0 Å². The molecule has 11 heteroatoms. The van der Waals surface area contributed by atoms with Gasteiger partial charge in [-0.1, -0.05) is 23.9 Å². The number of ether oxygens (including phenoxy) is 1. The van der Waals surface area contributed by atoms with Crippen LogP contribution in [-0.2, 0) is 20.9 Å². The molecule has 39 heavy (non-hydrogen) atoms. The van der Waals surface area contributed by atoms with Crippen LogP contribution in [0.25, 0.3) is 0 Å². The van der Waals surface area contributed by atoms with Crippen LogP contribution in [0.5, 0.6) is 0 Å². The highest BCUT2D eigenvalue weighted by atomic mass is 32.2. The molecule has 1 heterocycles. The number of nitrogens with zero attached hydrogens (tertiary/aromatic N) is 2. The molecule has 3 aromatic carbocycles. The van der Waals surface area contributed by atoms with Crippen LogP contribution in [0.2, 0.25) is 0 Å². The summed E-state index contributed by atoms with van der Waals surface area (Å²) in [6, 6.07) is 17.7. The van der Waals surface area contributed by atoms with Gasteiger partial charge in [-0.2, -0.15) is 0 Å². The molecule has 2 N–H and O–H groups in total. The molecule has 2 amide bonds. The van der Waals surface area contributed by atoms with Gasteiger partial charge in [-0.05, 0) is 73.2 Å². The number of thioether (sulfide) groups is 1. The van der Waals surface area contributed by atoms with E-state index >= 15 is 0 Å². The number of carbonyl (C=O) groups excluding carboxylic acids is 3. The Morgan fingerprint density at radius 2 is 1.67 bits per heavy atom. The van der Waals surface area contributed by atoms with Crippen molar-refractivity contribution in [2.24, 2.45) is 4.99 Å². The summed E-state index contributed by atoms with van der Waals surface area (Å²) in [7, 11) is 0. The van der Waals surface area contributed by atoms with E-state index in [2.05, 4.69) is 10.3 Å². The van der Waals surface area contributed by atoms with Crippen LogP contribution in [0.15, 0.2) is 77.8 Å². The number of carboxylic acids is 1. The Labute approximate surface area is 227 Å². The van der Waals surface area contributed by atoms with E-state index in [9.17, 15) is 23.6 Å². The maximum Gasteiger partial charge on any atom is 0.338 e. The number of rotatable bonds is 8. The second-order valence-electron chi connectivity index (χ2n) is 8.45. The zero-order valence-electron chi connectivity index (χ0n) is 20.8. The molecule has 1 aliphatic heterocycles. The highest BCUT2D eigenvalue weighted by Gasteiger charge is 2.36. The molecular weight excluding hydrogens is 525 g/mol. The van der Waals surface area contributed by atoms with Crippen molar-refractivity contribution >= 4 is 52.1 Å². The Hall–Kier alpha value is -4.51. The van der Waals surface area contributed by atoms with E-state index in [0.29, 0.717) is 22.5 Å². The number of halogens is 1. The van der Waals surface area contributed by atoms with Crippen molar-refractivity contribution in [2.45, 2.75) is 25.1 Å². The lowest BCUT2D eigenvalue weighted by Crippen LogP contribution is -2.44. The van der Waals surface area contributed by atoms with E-state index in [4.69, 9.17) is 9.84 Å². The quantitative estimate of drug-likeness (QED) is 0.385. The number of aromatic carboxylic acids is 1. The fourth-order valence-corrected chi connectivity index (χ4v) is 4.78. The number of anilines is 1. The minimum absolute atomic E-state index is 0.0787. The molecule has 1 aliphatic rings. The van der Waals surface area contributed by atoms with Gasteiger partial charge >= 0.3 is 11.9 Å². The Kier molecular flexibility index (Phi) is 8.72. The average Bonchev–Trinajstić information content (AvgIpc) is 2.92. The summed E-state index contributed by atoms with van der Waals surface area (Å²) in [6.07, 6.45) is -0.105. The Morgan fingerprint density at radius 1 is 1.03 bits per heavy atom. The summed E-state index contributed by atoms with van der Waals surface area (Å²) in [6.45, 7) is 2.08. The molecule has 9 nitrogen and oxygen atoms in total. The molecule has 0 spiro atoms. The fraction of sp³-hybridized carbons (Fsp3) is 0.179. The fourth-order valence-electron chi connectivity index (χ4n) is 3.68. The number of hydrogen-bond acceptors (Lipinski definition) is 7. The van der Waals surface area contributed by atoms with Gasteiger partial charge in [0.2, 0.25) is 11.8 Å². The lowest BCUT2D eigenvalue weighted by molar-refractivity contribution is -0.129. The third-order valence-corrected chi connectivity index (χ3v) is 6.88. The number of amides is 2. The Bertz CT molecular complexity index is 1410. The Balaban J connectivity index is 1.58. The first-order chi connectivity index (χ1) is 18.7. The highest BCUT2D eigenvalue weighted by molar-refractivity contribution is 8.15. The molecule has 0 saturated carbocycles. The molecule has 0 radical (unpaired) electrons. The molecule has 0 bridgehead atoms. The molecular formula is C28H24FN3O6S. The second kappa shape index (κ2) is 12.4. The lowest BCUT2D eigenvalue weighted by Gasteiger charge is -2.32. The van der Waals surface area contributed by atoms with Gasteiger partial charge in [0.25, 0.3) is 0 Å². The topological polar surface area (TPSA) is 125 Å². The van der Waals surface area contributed by atoms with Crippen molar-refractivity contribution in [1.29, 1.82) is 0 Å². The maximum absolute atomic E-state index is 13.4. The summed E-state index contributed by atoms with van der Waals surface area (Å²) in [5, 5.41) is 11.2. The SMILES string of the molecule is CCOC(=O)c1ccc(N=C2SC(C(=O)Nc3ccc(C(=O)O)cc3)CC(=O)N2Cc2ccc(F)cc2)cc1. The third kappa shape index (κ3) is 7.08. The number of carbonyl (C=O) groups is 4. The van der Waals surface area contributed by atoms with Gasteiger partial charge < -0.3 is 15.2 Å². The van der Waals surface area contributed by atoms with Crippen LogP contribution in [0.1, 0.15) is 39.6 Å². The van der Waals surface area contributed by atoms with Gasteiger partial charge in [0.15, 0.2) is 5.17 Å². The van der Waals surface area contributed by atoms with Crippen molar-refractivity contribution < 1.29 is 33.4 Å². The number of benzene rings is 3. The van der Waals surface area contributed by atoms with Crippen LogP contribution in [-0.4, -0.2) is 50.8 Å². The summed E-state index contributed by atoms with van der Waals surface area (Å²) in [5.74, 6) is -2.74. The standard InChI is InChI=1S/C28H24FN3O6S/c1-2-38-27(37)19-7-13-22(14-8-19)31-28-32(16-17-3-9-20(29)10-4-17)24(33)15-23(39-28)25(34)30-21-11-5-18(6-12-21)26(35)36/h3-14,23H,2,15-16H2,1H3,(H,30,34)(H,35,36). The van der Waals surface area contributed by atoms with Gasteiger partial charge in [0, 0.05) is 12.1 Å². The average molecular weight is 550 g/mol. The number of esters is 1. The van der Waals surface area contributed by atoms with E-state index in [1.807, 2.05) is 0 Å². The van der Waals surface area contributed by atoms with Gasteiger partial charge in [0.05, 0.1) is 30.0 Å². The van der Waals surface area contributed by atoms with E-state index < -0.39 is 28.9 Å². The minimum atomic E-state index is -1.08. The first-order valence-electron chi connectivity index (χ1n) is 11.9. The predicted octanol–water partition coefficient (Wildman–Crippen LogP) is 4.86. The summed E-state index contributed by atoms with van der Waals surface area (Å²) >= 11 is 1.10. The number of hydrogen-bond donors (Lipinski definition) is 2. The largest absolute Gasteiger partial charge is 0.478 e. The molecule has 0 aliphatic carbocycles. The molecule has 1 fully saturated rings. The summed E-state index contributed by atoms with van der Waals surface area (Å²) in [4.78, 5) is 55.3. The normalized spacial score (nSPS) is 16.2. The number of aliphatic imine (C=N–C) groups is 1. The van der Waals surface area contributed by atoms with E-state index in [1.165, 1.54) is 41.3 Å². The maximum atomic E-state index is 13.4. The smallest absolute Gasteiger partial charge is 0.338 e. The van der Waals surface area contributed by atoms with Crippen LogP contribution < -0.4 is 5.32 Å². The molecule has 1 atom stereocenters. The minimum Gasteiger partial charge on any atom is -0.478 e. The Morgan fingerprint density at radius 3 is 2.28 bits per heavy atom. The van der Waals surface area contributed by atoms with Crippen LogP contribution in [0, 0.1) is 5.82 Å². The highest BCUT2D eigenvalue weighted by Crippen LogP contribution is 2.31. The van der Waals surface area contributed by atoms with Crippen molar-refractivity contribution in [3.63, 3.8) is 0 Å². The van der Waals surface area contributed by atoms with Gasteiger partial charge in [-0.3, -0.25) is 14.5 Å². The monoisotopic (exact) mass is 549 g/mol. The van der Waals surface area contributed by atoms with Crippen molar-refractivity contribution in [3.8, 4) is 0 Å². The van der Waals surface area contributed by atoms with E-state index in [-0.39, 0.29) is 36.2 Å². The molecule has 200 valence electrons. The zero-order chi connectivity index (χ0) is 27.9. The number of carboxylic acid groups (broad SMARTS) is 1. The first kappa shape index (κ1) is 27.5. The van der Waals surface area contributed by atoms with Crippen molar-refractivity contribution in [1.82, 2.24) is 4.90 Å². The predicted molar refractivity (Wildman–Crippen MR) is 144 cm³/mol. The van der Waals surface area contributed by atoms with Crippen LogP contribution in [0.4, 0.5) is 15.8 Å². The second-order valence-corrected chi connectivity index (χ2v) is 9.62.